The van der Waals surface area contributed by atoms with Crippen molar-refractivity contribution in [1.82, 2.24) is 0 Å². The molecular formula is C18H17NO5S. The molecule has 6 nitrogen and oxygen atoms in total. The summed E-state index contributed by atoms with van der Waals surface area (Å²) in [5, 5.41) is 3.53. The fraction of sp³-hybridized carbons (Fsp3) is 0.167. The van der Waals surface area contributed by atoms with Crippen LogP contribution in [0.2, 0.25) is 0 Å². The second-order valence-electron chi connectivity index (χ2n) is 5.16. The highest BCUT2D eigenvalue weighted by atomic mass is 32.2. The second kappa shape index (κ2) is 9.39. The van der Waals surface area contributed by atoms with Crippen LogP contribution in [0.3, 0.4) is 0 Å². The molecule has 0 aliphatic heterocycles. The third-order valence-corrected chi connectivity index (χ3v) is 3.80. The van der Waals surface area contributed by atoms with Crippen molar-refractivity contribution < 1.29 is 22.7 Å². The second-order valence-corrected chi connectivity index (χ2v) is 6.02. The number of amides is 1. The Bertz CT molecular complexity index is 868. The number of ether oxygens (including phenoxy) is 1. The summed E-state index contributed by atoms with van der Waals surface area (Å²) in [7, 11) is -2.24. The van der Waals surface area contributed by atoms with Crippen LogP contribution >= 0.6 is 0 Å². The minimum atomic E-state index is -2.24. The maximum absolute atomic E-state index is 11.3. The van der Waals surface area contributed by atoms with E-state index >= 15 is 0 Å². The Labute approximate surface area is 147 Å². The summed E-state index contributed by atoms with van der Waals surface area (Å²) in [6, 6.07) is 15.1. The predicted octanol–water partition coefficient (Wildman–Crippen LogP) is 1.86. The van der Waals surface area contributed by atoms with Crippen molar-refractivity contribution in [3.8, 4) is 5.75 Å². The molecule has 1 N–H and O–H groups in total. The molecule has 0 saturated carbocycles. The van der Waals surface area contributed by atoms with Gasteiger partial charge < -0.3 is 10.1 Å². The summed E-state index contributed by atoms with van der Waals surface area (Å²) in [4.78, 5) is 21.8. The maximum atomic E-state index is 11.3. The van der Waals surface area contributed by atoms with Crippen LogP contribution in [0.4, 0.5) is 5.69 Å². The van der Waals surface area contributed by atoms with Gasteiger partial charge in [-0.25, -0.2) is 0 Å². The summed E-state index contributed by atoms with van der Waals surface area (Å²) >= 11 is 0. The van der Waals surface area contributed by atoms with Crippen molar-refractivity contribution in [2.75, 3.05) is 11.9 Å². The van der Waals surface area contributed by atoms with Gasteiger partial charge in [-0.15, -0.1) is 0 Å². The fourth-order valence-corrected chi connectivity index (χ4v) is 2.50. The number of hydrogen-bond donors (Lipinski definition) is 1. The monoisotopic (exact) mass is 359 g/mol. The summed E-state index contributed by atoms with van der Waals surface area (Å²) in [6.45, 7) is 0.132. The number of nitrogens with one attached hydrogen (secondary N) is 1. The van der Waals surface area contributed by atoms with E-state index in [0.717, 1.165) is 16.5 Å². The van der Waals surface area contributed by atoms with Crippen LogP contribution in [-0.2, 0) is 26.3 Å². The fourth-order valence-electron chi connectivity index (χ4n) is 2.21. The SMILES string of the molecule is O=CC(=O)Nc1ccc(Cc2ccccc2)cc1OCCC=S(=O)=O. The Balaban J connectivity index is 2.19. The van der Waals surface area contributed by atoms with E-state index in [1.807, 2.05) is 36.4 Å². The van der Waals surface area contributed by atoms with Crippen molar-refractivity contribution in [3.63, 3.8) is 0 Å². The molecule has 0 spiro atoms. The Morgan fingerprint density at radius 2 is 1.84 bits per heavy atom. The van der Waals surface area contributed by atoms with Crippen molar-refractivity contribution in [2.24, 2.45) is 0 Å². The Kier molecular flexibility index (Phi) is 6.91. The van der Waals surface area contributed by atoms with Crippen molar-refractivity contribution >= 4 is 33.5 Å². The first kappa shape index (κ1) is 18.4. The summed E-state index contributed by atoms with van der Waals surface area (Å²) in [5.74, 6) is -0.401. The van der Waals surface area contributed by atoms with Crippen LogP contribution in [0.25, 0.3) is 0 Å². The number of anilines is 1. The van der Waals surface area contributed by atoms with Gasteiger partial charge in [0.25, 0.3) is 5.91 Å². The van der Waals surface area contributed by atoms with Gasteiger partial charge in [0.05, 0.1) is 12.3 Å². The Morgan fingerprint density at radius 1 is 1.08 bits per heavy atom. The van der Waals surface area contributed by atoms with Crippen molar-refractivity contribution in [3.05, 3.63) is 59.7 Å². The molecule has 130 valence electrons. The highest BCUT2D eigenvalue weighted by molar-refractivity contribution is 7.71. The largest absolute Gasteiger partial charge is 0.491 e. The van der Waals surface area contributed by atoms with E-state index in [1.165, 1.54) is 0 Å². The van der Waals surface area contributed by atoms with Crippen LogP contribution in [0.5, 0.6) is 5.75 Å². The quantitative estimate of drug-likeness (QED) is 0.336. The van der Waals surface area contributed by atoms with Gasteiger partial charge in [-0.3, -0.25) is 9.59 Å². The number of carbonyl (C=O) groups excluding carboxylic acids is 2. The zero-order chi connectivity index (χ0) is 18.1. The number of rotatable bonds is 8. The molecule has 0 aliphatic carbocycles. The smallest absolute Gasteiger partial charge is 0.288 e. The first-order chi connectivity index (χ1) is 12.1. The highest BCUT2D eigenvalue weighted by Gasteiger charge is 2.09. The van der Waals surface area contributed by atoms with Crippen LogP contribution in [-0.4, -0.2) is 32.6 Å². The van der Waals surface area contributed by atoms with Crippen molar-refractivity contribution in [2.45, 2.75) is 12.8 Å². The van der Waals surface area contributed by atoms with E-state index in [-0.39, 0.29) is 19.3 Å². The molecule has 2 aromatic rings. The average molecular weight is 359 g/mol. The lowest BCUT2D eigenvalue weighted by Gasteiger charge is -2.13. The van der Waals surface area contributed by atoms with E-state index in [2.05, 4.69) is 5.32 Å². The molecule has 0 radical (unpaired) electrons. The van der Waals surface area contributed by atoms with Crippen molar-refractivity contribution in [1.29, 1.82) is 0 Å². The van der Waals surface area contributed by atoms with Gasteiger partial charge in [0.2, 0.25) is 16.6 Å². The molecule has 2 rings (SSSR count). The molecule has 0 unspecified atom stereocenters. The van der Waals surface area contributed by atoms with Gasteiger partial charge in [0, 0.05) is 11.8 Å². The predicted molar refractivity (Wildman–Crippen MR) is 95.5 cm³/mol. The lowest BCUT2D eigenvalue weighted by molar-refractivity contribution is -0.127. The van der Waals surface area contributed by atoms with Gasteiger partial charge in [-0.05, 0) is 29.7 Å². The van der Waals surface area contributed by atoms with Crippen LogP contribution in [0, 0.1) is 0 Å². The first-order valence-electron chi connectivity index (χ1n) is 7.55. The first-order valence-corrected chi connectivity index (χ1v) is 8.69. The molecule has 0 aliphatic rings. The number of aldehydes is 1. The minimum Gasteiger partial charge on any atom is -0.491 e. The molecule has 7 heteroatoms. The molecule has 25 heavy (non-hydrogen) atoms. The Hall–Kier alpha value is -2.93. The summed E-state index contributed by atoms with van der Waals surface area (Å²) < 4.78 is 26.6. The molecule has 0 saturated heterocycles. The van der Waals surface area contributed by atoms with E-state index in [4.69, 9.17) is 4.74 Å². The van der Waals surface area contributed by atoms with Crippen LogP contribution in [0.1, 0.15) is 17.5 Å². The molecule has 0 aromatic heterocycles. The zero-order valence-corrected chi connectivity index (χ0v) is 14.2. The normalized spacial score (nSPS) is 9.92. The summed E-state index contributed by atoms with van der Waals surface area (Å²) in [5.41, 5.74) is 2.44. The minimum absolute atomic E-state index is 0.132. The molecule has 0 fully saturated rings. The average Bonchev–Trinajstić information content (AvgIpc) is 2.61. The summed E-state index contributed by atoms with van der Waals surface area (Å²) in [6.07, 6.45) is 1.06. The van der Waals surface area contributed by atoms with E-state index in [9.17, 15) is 18.0 Å². The Morgan fingerprint density at radius 3 is 2.52 bits per heavy atom. The molecule has 0 heterocycles. The van der Waals surface area contributed by atoms with E-state index in [1.54, 1.807) is 12.1 Å². The maximum Gasteiger partial charge on any atom is 0.288 e. The number of hydrogen-bond acceptors (Lipinski definition) is 5. The molecular weight excluding hydrogens is 342 g/mol. The molecule has 2 aromatic carbocycles. The number of benzene rings is 2. The van der Waals surface area contributed by atoms with E-state index < -0.39 is 16.2 Å². The lowest BCUT2D eigenvalue weighted by Crippen LogP contribution is -2.13. The highest BCUT2D eigenvalue weighted by Crippen LogP contribution is 2.27. The van der Waals surface area contributed by atoms with E-state index in [0.29, 0.717) is 17.9 Å². The standard InChI is InChI=1S/C18H17NO5S/c20-13-18(21)19-16-8-7-15(11-14-5-2-1-3-6-14)12-17(16)24-9-4-10-25(22)23/h1-3,5-8,10,12-13H,4,9,11H2,(H,19,21). The zero-order valence-electron chi connectivity index (χ0n) is 13.3. The van der Waals surface area contributed by atoms with Gasteiger partial charge >= 0.3 is 0 Å². The third-order valence-electron chi connectivity index (χ3n) is 3.29. The topological polar surface area (TPSA) is 89.5 Å². The van der Waals surface area contributed by atoms with Gasteiger partial charge in [0.15, 0.2) is 0 Å². The van der Waals surface area contributed by atoms with Gasteiger partial charge in [0.1, 0.15) is 5.75 Å². The molecule has 1 amide bonds. The molecule has 0 bridgehead atoms. The van der Waals surface area contributed by atoms with Crippen LogP contribution < -0.4 is 10.1 Å². The van der Waals surface area contributed by atoms with Crippen LogP contribution in [0.15, 0.2) is 48.5 Å². The molecule has 0 atom stereocenters. The number of carbonyl (C=O) groups is 2. The van der Waals surface area contributed by atoms with Gasteiger partial charge in [-0.1, -0.05) is 36.4 Å². The lowest BCUT2D eigenvalue weighted by atomic mass is 10.0. The van der Waals surface area contributed by atoms with Gasteiger partial charge in [-0.2, -0.15) is 8.42 Å². The third kappa shape index (κ3) is 6.23.